The van der Waals surface area contributed by atoms with Crippen molar-refractivity contribution in [2.75, 3.05) is 5.32 Å². The molecule has 0 atom stereocenters. The Kier molecular flexibility index (Phi) is 3.46. The molecule has 0 saturated heterocycles. The molecule has 7 heteroatoms. The second-order valence-corrected chi connectivity index (χ2v) is 4.97. The van der Waals surface area contributed by atoms with Gasteiger partial charge in [0.15, 0.2) is 5.76 Å². The van der Waals surface area contributed by atoms with Crippen LogP contribution in [0.1, 0.15) is 16.1 Å². The first-order chi connectivity index (χ1) is 11.0. The van der Waals surface area contributed by atoms with Crippen LogP contribution < -0.4 is 5.32 Å². The van der Waals surface area contributed by atoms with Gasteiger partial charge in [0.2, 0.25) is 0 Å². The number of carbonyl (C=O) groups excluding carboxylic acids is 1. The molecule has 1 amide bonds. The molecule has 23 heavy (non-hydrogen) atoms. The highest BCUT2D eigenvalue weighted by molar-refractivity contribution is 6.07. The normalized spacial score (nSPS) is 10.7. The van der Waals surface area contributed by atoms with E-state index >= 15 is 0 Å². The lowest BCUT2D eigenvalue weighted by Crippen LogP contribution is -2.12. The molecule has 0 unspecified atom stereocenters. The number of non-ortho nitro benzene ring substituents is 1. The standard InChI is InChI=1S/C16H12N2O5/c1-9-11-4-2-3-5-14(11)23-15(9)16(20)17-12-8-10(18(21)22)6-7-13(12)19/h2-8,19H,1H3,(H,17,20). The van der Waals surface area contributed by atoms with E-state index in [0.717, 1.165) is 23.6 Å². The smallest absolute Gasteiger partial charge is 0.291 e. The maximum atomic E-state index is 12.4. The molecule has 0 bridgehead atoms. The molecule has 0 saturated carbocycles. The minimum Gasteiger partial charge on any atom is -0.506 e. The summed E-state index contributed by atoms with van der Waals surface area (Å²) in [6.07, 6.45) is 0. The molecule has 116 valence electrons. The third-order valence-corrected chi connectivity index (χ3v) is 3.49. The minimum absolute atomic E-state index is 0.0518. The van der Waals surface area contributed by atoms with Gasteiger partial charge in [-0.25, -0.2) is 0 Å². The van der Waals surface area contributed by atoms with E-state index in [4.69, 9.17) is 4.42 Å². The highest BCUT2D eigenvalue weighted by atomic mass is 16.6. The number of phenols is 1. The summed E-state index contributed by atoms with van der Waals surface area (Å²) in [5.74, 6) is -0.760. The van der Waals surface area contributed by atoms with Crippen molar-refractivity contribution in [3.63, 3.8) is 0 Å². The highest BCUT2D eigenvalue weighted by Crippen LogP contribution is 2.30. The number of rotatable bonds is 3. The number of anilines is 1. The van der Waals surface area contributed by atoms with Gasteiger partial charge in [0.25, 0.3) is 11.6 Å². The fourth-order valence-corrected chi connectivity index (χ4v) is 2.31. The maximum Gasteiger partial charge on any atom is 0.291 e. The van der Waals surface area contributed by atoms with E-state index in [1.165, 1.54) is 0 Å². The van der Waals surface area contributed by atoms with E-state index in [0.29, 0.717) is 11.1 Å². The van der Waals surface area contributed by atoms with Crippen molar-refractivity contribution in [2.45, 2.75) is 6.92 Å². The maximum absolute atomic E-state index is 12.4. The van der Waals surface area contributed by atoms with Gasteiger partial charge in [0.05, 0.1) is 10.6 Å². The van der Waals surface area contributed by atoms with E-state index in [1.807, 2.05) is 12.1 Å². The fourth-order valence-electron chi connectivity index (χ4n) is 2.31. The van der Waals surface area contributed by atoms with Crippen LogP contribution in [0.25, 0.3) is 11.0 Å². The first kappa shape index (κ1) is 14.6. The summed E-state index contributed by atoms with van der Waals surface area (Å²) >= 11 is 0. The number of nitrogens with one attached hydrogen (secondary N) is 1. The van der Waals surface area contributed by atoms with Crippen LogP contribution in [0, 0.1) is 17.0 Å². The molecule has 0 radical (unpaired) electrons. The first-order valence-corrected chi connectivity index (χ1v) is 6.74. The summed E-state index contributed by atoms with van der Waals surface area (Å²) in [5, 5.41) is 23.8. The Balaban J connectivity index is 1.96. The summed E-state index contributed by atoms with van der Waals surface area (Å²) in [7, 11) is 0. The van der Waals surface area contributed by atoms with E-state index in [2.05, 4.69) is 5.32 Å². The number of benzene rings is 2. The SMILES string of the molecule is Cc1c(C(=O)Nc2cc([N+](=O)[O-])ccc2O)oc2ccccc12. The molecule has 0 spiro atoms. The molecule has 7 nitrogen and oxygen atoms in total. The molecule has 3 rings (SSSR count). The average Bonchev–Trinajstić information content (AvgIpc) is 2.87. The lowest BCUT2D eigenvalue weighted by Gasteiger charge is -2.06. The molecule has 0 aliphatic heterocycles. The van der Waals surface area contributed by atoms with Gasteiger partial charge >= 0.3 is 0 Å². The number of fused-ring (bicyclic) bond motifs is 1. The minimum atomic E-state index is -0.610. The predicted octanol–water partition coefficient (Wildman–Crippen LogP) is 3.61. The molecular formula is C16H12N2O5. The number of furan rings is 1. The molecule has 1 aromatic heterocycles. The van der Waals surface area contributed by atoms with Crippen molar-refractivity contribution in [1.82, 2.24) is 0 Å². The number of phenolic OH excluding ortho intramolecular Hbond substituents is 1. The van der Waals surface area contributed by atoms with Gasteiger partial charge in [-0.2, -0.15) is 0 Å². The summed E-state index contributed by atoms with van der Waals surface area (Å²) in [6.45, 7) is 1.74. The van der Waals surface area contributed by atoms with Crippen molar-refractivity contribution >= 4 is 28.3 Å². The summed E-state index contributed by atoms with van der Waals surface area (Å²) in [6, 6.07) is 10.6. The Morgan fingerprint density at radius 3 is 2.70 bits per heavy atom. The van der Waals surface area contributed by atoms with Crippen molar-refractivity contribution in [3.05, 3.63) is 63.9 Å². The Hall–Kier alpha value is -3.35. The number of aryl methyl sites for hydroxylation is 1. The third-order valence-electron chi connectivity index (χ3n) is 3.49. The molecular weight excluding hydrogens is 300 g/mol. The Labute approximate surface area is 130 Å². The fraction of sp³-hybridized carbons (Fsp3) is 0.0625. The van der Waals surface area contributed by atoms with Crippen LogP contribution >= 0.6 is 0 Å². The second kappa shape index (κ2) is 5.45. The topological polar surface area (TPSA) is 106 Å². The quantitative estimate of drug-likeness (QED) is 0.436. The number of nitro groups is 1. The van der Waals surface area contributed by atoms with Gasteiger partial charge < -0.3 is 14.8 Å². The number of hydrogen-bond donors (Lipinski definition) is 2. The first-order valence-electron chi connectivity index (χ1n) is 6.74. The van der Waals surface area contributed by atoms with Gasteiger partial charge in [-0.15, -0.1) is 0 Å². The lowest BCUT2D eigenvalue weighted by molar-refractivity contribution is -0.384. The van der Waals surface area contributed by atoms with Crippen molar-refractivity contribution in [2.24, 2.45) is 0 Å². The number of nitro benzene ring substituents is 1. The predicted molar refractivity (Wildman–Crippen MR) is 83.7 cm³/mol. The number of carbonyl (C=O) groups is 1. The van der Waals surface area contributed by atoms with Crippen molar-refractivity contribution < 1.29 is 19.2 Å². The van der Waals surface area contributed by atoms with E-state index in [-0.39, 0.29) is 22.9 Å². The number of nitrogens with zero attached hydrogens (tertiary/aromatic N) is 1. The van der Waals surface area contributed by atoms with Crippen molar-refractivity contribution in [1.29, 1.82) is 0 Å². The molecule has 0 aliphatic rings. The van der Waals surface area contributed by atoms with Crippen LogP contribution in [0.3, 0.4) is 0 Å². The third kappa shape index (κ3) is 2.59. The summed E-state index contributed by atoms with van der Waals surface area (Å²) < 4.78 is 5.52. The molecule has 1 heterocycles. The monoisotopic (exact) mass is 312 g/mol. The molecule has 0 aliphatic carbocycles. The van der Waals surface area contributed by atoms with E-state index < -0.39 is 10.8 Å². The Morgan fingerprint density at radius 1 is 1.26 bits per heavy atom. The highest BCUT2D eigenvalue weighted by Gasteiger charge is 2.19. The van der Waals surface area contributed by atoms with Crippen LogP contribution in [-0.2, 0) is 0 Å². The summed E-state index contributed by atoms with van der Waals surface area (Å²) in [4.78, 5) is 22.5. The Morgan fingerprint density at radius 2 is 2.00 bits per heavy atom. The van der Waals surface area contributed by atoms with Gasteiger partial charge in [-0.1, -0.05) is 18.2 Å². The zero-order chi connectivity index (χ0) is 16.6. The number of amides is 1. The van der Waals surface area contributed by atoms with Crippen LogP contribution in [0.5, 0.6) is 5.75 Å². The summed E-state index contributed by atoms with van der Waals surface area (Å²) in [5.41, 5.74) is 0.935. The average molecular weight is 312 g/mol. The van der Waals surface area contributed by atoms with E-state index in [9.17, 15) is 20.0 Å². The van der Waals surface area contributed by atoms with Gasteiger partial charge in [-0.05, 0) is 19.1 Å². The molecule has 0 fully saturated rings. The Bertz CT molecular complexity index is 929. The lowest BCUT2D eigenvalue weighted by atomic mass is 10.1. The zero-order valence-electron chi connectivity index (χ0n) is 12.1. The largest absolute Gasteiger partial charge is 0.506 e. The molecule has 2 aromatic carbocycles. The number of aromatic hydroxyl groups is 1. The van der Waals surface area contributed by atoms with Crippen LogP contribution in [-0.4, -0.2) is 15.9 Å². The van der Waals surface area contributed by atoms with Gasteiger partial charge in [-0.3, -0.25) is 14.9 Å². The molecule has 2 N–H and O–H groups in total. The van der Waals surface area contributed by atoms with Crippen LogP contribution in [0.2, 0.25) is 0 Å². The number of para-hydroxylation sites is 1. The van der Waals surface area contributed by atoms with E-state index in [1.54, 1.807) is 19.1 Å². The number of hydrogen-bond acceptors (Lipinski definition) is 5. The van der Waals surface area contributed by atoms with Crippen LogP contribution in [0.4, 0.5) is 11.4 Å². The zero-order valence-corrected chi connectivity index (χ0v) is 12.1. The second-order valence-electron chi connectivity index (χ2n) is 4.97. The van der Waals surface area contributed by atoms with Crippen molar-refractivity contribution in [3.8, 4) is 5.75 Å². The van der Waals surface area contributed by atoms with Gasteiger partial charge in [0.1, 0.15) is 11.3 Å². The molecule has 3 aromatic rings. The van der Waals surface area contributed by atoms with Crippen LogP contribution in [0.15, 0.2) is 46.9 Å². The van der Waals surface area contributed by atoms with Gasteiger partial charge in [0, 0.05) is 23.1 Å².